The molecule has 0 aliphatic rings. The lowest BCUT2D eigenvalue weighted by Crippen LogP contribution is -2.36. The lowest BCUT2D eigenvalue weighted by molar-refractivity contribution is -0.207. The van der Waals surface area contributed by atoms with Crippen LogP contribution in [0.25, 0.3) is 33.4 Å². The highest BCUT2D eigenvalue weighted by atomic mass is 19.4. The molecule has 0 saturated heterocycles. The van der Waals surface area contributed by atoms with Crippen molar-refractivity contribution in [3.8, 4) is 22.5 Å². The first-order chi connectivity index (χ1) is 14.7. The first kappa shape index (κ1) is 20.6. The number of fused-ring (bicyclic) bond motifs is 1. The highest BCUT2D eigenvalue weighted by molar-refractivity contribution is 5.93. The van der Waals surface area contributed by atoms with Gasteiger partial charge in [-0.15, -0.1) is 0 Å². The molecule has 0 aliphatic heterocycles. The second kappa shape index (κ2) is 7.88. The molecule has 1 unspecified atom stereocenters. The Morgan fingerprint density at radius 2 is 1.84 bits per heavy atom. The number of aliphatic hydroxyl groups excluding tert-OH is 1. The van der Waals surface area contributed by atoms with Crippen LogP contribution in [0.4, 0.5) is 17.6 Å². The summed E-state index contributed by atoms with van der Waals surface area (Å²) in [6, 6.07) is 10.1. The zero-order chi connectivity index (χ0) is 22.2. The predicted octanol–water partition coefficient (Wildman–Crippen LogP) is 3.58. The number of rotatable bonds is 4. The lowest BCUT2D eigenvalue weighted by atomic mass is 10.1. The van der Waals surface area contributed by atoms with E-state index < -0.39 is 30.2 Å². The average Bonchev–Trinajstić information content (AvgIpc) is 2.75. The zero-order valence-electron chi connectivity index (χ0n) is 15.7. The highest BCUT2D eigenvalue weighted by Gasteiger charge is 2.38. The number of aliphatic hydroxyl groups is 1. The van der Waals surface area contributed by atoms with Gasteiger partial charge in [-0.1, -0.05) is 0 Å². The molecular weight excluding hydrogens is 416 g/mol. The third-order valence-electron chi connectivity index (χ3n) is 4.63. The van der Waals surface area contributed by atoms with Crippen molar-refractivity contribution in [3.05, 3.63) is 77.4 Å². The van der Waals surface area contributed by atoms with Crippen molar-refractivity contribution in [3.63, 3.8) is 0 Å². The van der Waals surface area contributed by atoms with Crippen molar-refractivity contribution in [2.24, 2.45) is 0 Å². The molecule has 1 aromatic carbocycles. The Morgan fingerprint density at radius 3 is 2.48 bits per heavy atom. The van der Waals surface area contributed by atoms with Gasteiger partial charge in [0.15, 0.2) is 6.10 Å². The maximum absolute atomic E-state index is 13.3. The third kappa shape index (κ3) is 4.15. The van der Waals surface area contributed by atoms with E-state index in [0.29, 0.717) is 27.1 Å². The van der Waals surface area contributed by atoms with E-state index in [2.05, 4.69) is 15.0 Å². The van der Waals surface area contributed by atoms with Crippen LogP contribution in [-0.4, -0.2) is 36.9 Å². The fourth-order valence-corrected chi connectivity index (χ4v) is 3.06. The second-order valence-electron chi connectivity index (χ2n) is 6.76. The van der Waals surface area contributed by atoms with Crippen molar-refractivity contribution in [1.82, 2.24) is 19.5 Å². The molecule has 0 radical (unpaired) electrons. The predicted molar refractivity (Wildman–Crippen MR) is 104 cm³/mol. The van der Waals surface area contributed by atoms with Crippen LogP contribution < -0.4 is 5.56 Å². The van der Waals surface area contributed by atoms with Gasteiger partial charge in [0.05, 0.1) is 29.6 Å². The van der Waals surface area contributed by atoms with Crippen LogP contribution in [0.1, 0.15) is 0 Å². The van der Waals surface area contributed by atoms with Crippen LogP contribution in [0.2, 0.25) is 0 Å². The lowest BCUT2D eigenvalue weighted by Gasteiger charge is -2.16. The van der Waals surface area contributed by atoms with Crippen molar-refractivity contribution in [1.29, 1.82) is 0 Å². The van der Waals surface area contributed by atoms with Gasteiger partial charge in [-0.25, -0.2) is 14.4 Å². The third-order valence-corrected chi connectivity index (χ3v) is 4.63. The molecule has 6 nitrogen and oxygen atoms in total. The molecule has 10 heteroatoms. The molecule has 3 aromatic heterocycles. The molecule has 31 heavy (non-hydrogen) atoms. The van der Waals surface area contributed by atoms with Gasteiger partial charge in [0.25, 0.3) is 5.56 Å². The maximum atomic E-state index is 13.3. The Hall–Kier alpha value is -3.66. The summed E-state index contributed by atoms with van der Waals surface area (Å²) >= 11 is 0. The Balaban J connectivity index is 1.94. The second-order valence-corrected chi connectivity index (χ2v) is 6.76. The van der Waals surface area contributed by atoms with Gasteiger partial charge in [0.1, 0.15) is 11.3 Å². The summed E-state index contributed by atoms with van der Waals surface area (Å²) in [5.74, 6) is -0.456. The number of benzene rings is 1. The summed E-state index contributed by atoms with van der Waals surface area (Å²) in [6.45, 7) is -0.998. The van der Waals surface area contributed by atoms with Crippen LogP contribution in [0.15, 0.2) is 66.0 Å². The molecule has 4 rings (SSSR count). The minimum absolute atomic E-state index is 0.00468. The van der Waals surface area contributed by atoms with Gasteiger partial charge in [-0.05, 0) is 42.5 Å². The molecule has 0 bridgehead atoms. The smallest absolute Gasteiger partial charge is 0.382 e. The monoisotopic (exact) mass is 430 g/mol. The Labute approximate surface area is 172 Å². The van der Waals surface area contributed by atoms with E-state index in [1.54, 1.807) is 18.3 Å². The SMILES string of the molecule is O=c1c2cc(-c3ccc(F)cc3)nc(-c3cccnc3)c2ncn1CC(O)C(F)(F)F. The standard InChI is InChI=1S/C21H14F4N4O2/c22-14-5-3-12(4-6-14)16-8-15-19(18(28-16)13-2-1-7-26-9-13)27-11-29(20(15)31)10-17(30)21(23,24)25/h1-9,11,17,30H,10H2. The highest BCUT2D eigenvalue weighted by Crippen LogP contribution is 2.28. The number of halogens is 4. The number of hydrogen-bond acceptors (Lipinski definition) is 5. The van der Waals surface area contributed by atoms with Crippen LogP contribution in [0, 0.1) is 5.82 Å². The van der Waals surface area contributed by atoms with Crippen molar-refractivity contribution >= 4 is 10.9 Å². The van der Waals surface area contributed by atoms with Gasteiger partial charge in [0, 0.05) is 23.5 Å². The van der Waals surface area contributed by atoms with E-state index in [4.69, 9.17) is 0 Å². The molecule has 0 saturated carbocycles. The van der Waals surface area contributed by atoms with E-state index in [9.17, 15) is 27.5 Å². The first-order valence-corrected chi connectivity index (χ1v) is 9.05. The quantitative estimate of drug-likeness (QED) is 0.501. The Kier molecular flexibility index (Phi) is 5.24. The minimum Gasteiger partial charge on any atom is -0.382 e. The van der Waals surface area contributed by atoms with Gasteiger partial charge in [0.2, 0.25) is 0 Å². The normalized spacial score (nSPS) is 12.8. The summed E-state index contributed by atoms with van der Waals surface area (Å²) < 4.78 is 52.3. The molecule has 0 fully saturated rings. The summed E-state index contributed by atoms with van der Waals surface area (Å²) in [6.07, 6.45) is -3.60. The largest absolute Gasteiger partial charge is 0.416 e. The zero-order valence-corrected chi connectivity index (χ0v) is 15.7. The van der Waals surface area contributed by atoms with Gasteiger partial charge in [-0.2, -0.15) is 13.2 Å². The van der Waals surface area contributed by atoms with Crippen LogP contribution >= 0.6 is 0 Å². The Morgan fingerprint density at radius 1 is 1.10 bits per heavy atom. The van der Waals surface area contributed by atoms with Crippen LogP contribution in [0.5, 0.6) is 0 Å². The fourth-order valence-electron chi connectivity index (χ4n) is 3.06. The topological polar surface area (TPSA) is 80.9 Å². The molecule has 0 amide bonds. The first-order valence-electron chi connectivity index (χ1n) is 9.05. The van der Waals surface area contributed by atoms with Crippen molar-refractivity contribution in [2.75, 3.05) is 0 Å². The molecule has 4 aromatic rings. The van der Waals surface area contributed by atoms with E-state index in [-0.39, 0.29) is 10.9 Å². The van der Waals surface area contributed by atoms with Gasteiger partial charge >= 0.3 is 6.18 Å². The summed E-state index contributed by atoms with van der Waals surface area (Å²) in [5.41, 5.74) is 1.03. The molecule has 0 spiro atoms. The minimum atomic E-state index is -4.88. The molecular formula is C21H14F4N4O2. The summed E-state index contributed by atoms with van der Waals surface area (Å²) in [5, 5.41) is 9.36. The van der Waals surface area contributed by atoms with E-state index in [1.807, 2.05) is 0 Å². The van der Waals surface area contributed by atoms with Gasteiger partial charge < -0.3 is 5.11 Å². The van der Waals surface area contributed by atoms with Crippen LogP contribution in [0.3, 0.4) is 0 Å². The van der Waals surface area contributed by atoms with Crippen molar-refractivity contribution in [2.45, 2.75) is 18.8 Å². The molecule has 0 aliphatic carbocycles. The van der Waals surface area contributed by atoms with E-state index >= 15 is 0 Å². The van der Waals surface area contributed by atoms with Gasteiger partial charge in [-0.3, -0.25) is 14.3 Å². The summed E-state index contributed by atoms with van der Waals surface area (Å²) in [4.78, 5) is 25.7. The van der Waals surface area contributed by atoms with Crippen LogP contribution in [-0.2, 0) is 6.54 Å². The average molecular weight is 430 g/mol. The molecule has 1 atom stereocenters. The number of hydrogen-bond donors (Lipinski definition) is 1. The number of nitrogens with zero attached hydrogens (tertiary/aromatic N) is 4. The number of aromatic nitrogens is 4. The number of pyridine rings is 2. The molecule has 1 N–H and O–H groups in total. The van der Waals surface area contributed by atoms with E-state index in [0.717, 1.165) is 6.33 Å². The van der Waals surface area contributed by atoms with Crippen molar-refractivity contribution < 1.29 is 22.7 Å². The number of alkyl halides is 3. The van der Waals surface area contributed by atoms with E-state index in [1.165, 1.54) is 36.5 Å². The summed E-state index contributed by atoms with van der Waals surface area (Å²) in [7, 11) is 0. The molecule has 158 valence electrons. The maximum Gasteiger partial charge on any atom is 0.416 e. The Bertz CT molecular complexity index is 1290. The molecule has 3 heterocycles. The fraction of sp³-hybridized carbons (Fsp3) is 0.143.